The standard InChI is InChI=1S/C42H38FN5/c1-29-26-33(23-24-45-29)41-38-27-32(22-25-46-30(2)31-18-20-37(43)21-19-31)39(44)28-40(38)48(47-41)42(34-12-6-3-7-13-34,35-14-8-4-9-15-35)36-16-10-5-11-17-36/h3-21,23-24,26-28,30,46H,22,25,44H2,1-2H3. The van der Waals surface area contributed by atoms with E-state index in [2.05, 4.69) is 113 Å². The maximum Gasteiger partial charge on any atom is 0.138 e. The highest BCUT2D eigenvalue weighted by atomic mass is 19.1. The second-order valence-electron chi connectivity index (χ2n) is 12.3. The molecule has 6 heteroatoms. The van der Waals surface area contributed by atoms with E-state index in [4.69, 9.17) is 10.8 Å². The van der Waals surface area contributed by atoms with Crippen molar-refractivity contribution in [2.45, 2.75) is 31.8 Å². The van der Waals surface area contributed by atoms with Gasteiger partial charge in [-0.2, -0.15) is 5.10 Å². The fourth-order valence-electron chi connectivity index (χ4n) is 6.80. The van der Waals surface area contributed by atoms with Gasteiger partial charge in [-0.3, -0.25) is 4.98 Å². The largest absolute Gasteiger partial charge is 0.398 e. The Morgan fingerprint density at radius 3 is 1.92 bits per heavy atom. The third-order valence-corrected chi connectivity index (χ3v) is 9.22. The Morgan fingerprint density at radius 2 is 1.35 bits per heavy atom. The van der Waals surface area contributed by atoms with Crippen molar-refractivity contribution in [3.05, 3.63) is 185 Å². The minimum absolute atomic E-state index is 0.0666. The van der Waals surface area contributed by atoms with Gasteiger partial charge >= 0.3 is 0 Å². The summed E-state index contributed by atoms with van der Waals surface area (Å²) < 4.78 is 15.7. The van der Waals surface area contributed by atoms with E-state index in [9.17, 15) is 4.39 Å². The SMILES string of the molecule is Cc1cc(-c2nn(C(c3ccccc3)(c3ccccc3)c3ccccc3)c3cc(N)c(CCNC(C)c4ccc(F)cc4)cc23)ccn1. The Bertz CT molecular complexity index is 2050. The maximum absolute atomic E-state index is 13.5. The molecule has 5 aromatic carbocycles. The number of nitrogen functional groups attached to an aromatic ring is 1. The normalized spacial score (nSPS) is 12.3. The van der Waals surface area contributed by atoms with Gasteiger partial charge in [-0.1, -0.05) is 103 Å². The molecule has 7 rings (SSSR count). The van der Waals surface area contributed by atoms with Crippen molar-refractivity contribution < 1.29 is 4.39 Å². The lowest BCUT2D eigenvalue weighted by Crippen LogP contribution is -2.38. The third kappa shape index (κ3) is 5.76. The smallest absolute Gasteiger partial charge is 0.138 e. The fraction of sp³-hybridized carbons (Fsp3) is 0.143. The first-order valence-corrected chi connectivity index (χ1v) is 16.3. The highest BCUT2D eigenvalue weighted by Gasteiger charge is 2.41. The average Bonchev–Trinajstić information content (AvgIpc) is 3.48. The number of fused-ring (bicyclic) bond motifs is 1. The van der Waals surface area contributed by atoms with Crippen molar-refractivity contribution in [1.29, 1.82) is 0 Å². The molecular formula is C42H38FN5. The summed E-state index contributed by atoms with van der Waals surface area (Å²) in [4.78, 5) is 4.48. The molecule has 7 aromatic rings. The van der Waals surface area contributed by atoms with E-state index in [0.29, 0.717) is 18.7 Å². The number of aromatic nitrogens is 3. The van der Waals surface area contributed by atoms with Gasteiger partial charge in [-0.05, 0) is 91.0 Å². The van der Waals surface area contributed by atoms with Crippen LogP contribution in [-0.4, -0.2) is 21.3 Å². The van der Waals surface area contributed by atoms with Gasteiger partial charge in [-0.15, -0.1) is 0 Å². The minimum atomic E-state index is -0.803. The Morgan fingerprint density at radius 1 is 0.771 bits per heavy atom. The molecule has 0 radical (unpaired) electrons. The van der Waals surface area contributed by atoms with Crippen molar-refractivity contribution in [1.82, 2.24) is 20.1 Å². The molecule has 0 fully saturated rings. The van der Waals surface area contributed by atoms with Gasteiger partial charge in [-0.25, -0.2) is 9.07 Å². The van der Waals surface area contributed by atoms with E-state index in [1.54, 1.807) is 0 Å². The molecule has 48 heavy (non-hydrogen) atoms. The van der Waals surface area contributed by atoms with Crippen LogP contribution in [0.4, 0.5) is 10.1 Å². The summed E-state index contributed by atoms with van der Waals surface area (Å²) in [6.07, 6.45) is 2.56. The van der Waals surface area contributed by atoms with Gasteiger partial charge in [0.15, 0.2) is 0 Å². The molecule has 0 aliphatic rings. The molecule has 0 saturated carbocycles. The van der Waals surface area contributed by atoms with Crippen LogP contribution in [0.2, 0.25) is 0 Å². The Hall–Kier alpha value is -5.59. The van der Waals surface area contributed by atoms with Crippen LogP contribution in [-0.2, 0) is 12.0 Å². The first kappa shape index (κ1) is 31.0. The van der Waals surface area contributed by atoms with Crippen molar-refractivity contribution in [2.24, 2.45) is 0 Å². The number of nitrogens with two attached hydrogens (primary N) is 1. The number of halogens is 1. The number of benzene rings is 5. The second kappa shape index (κ2) is 13.3. The van der Waals surface area contributed by atoms with E-state index in [1.165, 1.54) is 12.1 Å². The molecule has 0 spiro atoms. The lowest BCUT2D eigenvalue weighted by Gasteiger charge is -2.37. The summed E-state index contributed by atoms with van der Waals surface area (Å²) in [7, 11) is 0. The number of hydrogen-bond donors (Lipinski definition) is 2. The summed E-state index contributed by atoms with van der Waals surface area (Å²) in [5.41, 5.74) is 15.9. The number of nitrogens with one attached hydrogen (secondary N) is 1. The molecule has 0 aliphatic carbocycles. The Labute approximate surface area is 280 Å². The minimum Gasteiger partial charge on any atom is -0.398 e. The molecule has 0 bridgehead atoms. The van der Waals surface area contributed by atoms with Gasteiger partial charge in [0, 0.05) is 34.6 Å². The van der Waals surface area contributed by atoms with E-state index < -0.39 is 5.54 Å². The van der Waals surface area contributed by atoms with E-state index in [1.807, 2.05) is 49.5 Å². The van der Waals surface area contributed by atoms with Gasteiger partial charge in [0.05, 0.1) is 5.52 Å². The van der Waals surface area contributed by atoms with Gasteiger partial charge in [0.1, 0.15) is 17.1 Å². The first-order valence-electron chi connectivity index (χ1n) is 16.3. The van der Waals surface area contributed by atoms with Gasteiger partial charge in [0.2, 0.25) is 0 Å². The molecule has 238 valence electrons. The summed E-state index contributed by atoms with van der Waals surface area (Å²) in [6, 6.07) is 46.8. The number of anilines is 1. The molecule has 5 nitrogen and oxygen atoms in total. The zero-order valence-electron chi connectivity index (χ0n) is 27.1. The molecule has 1 unspecified atom stereocenters. The zero-order valence-corrected chi connectivity index (χ0v) is 27.1. The molecule has 2 heterocycles. The lowest BCUT2D eigenvalue weighted by molar-refractivity contribution is 0.477. The first-order chi connectivity index (χ1) is 23.4. The summed E-state index contributed by atoms with van der Waals surface area (Å²) in [6.45, 7) is 4.79. The molecule has 3 N–H and O–H groups in total. The van der Waals surface area contributed by atoms with Gasteiger partial charge < -0.3 is 11.1 Å². The van der Waals surface area contributed by atoms with Crippen molar-refractivity contribution in [3.63, 3.8) is 0 Å². The van der Waals surface area contributed by atoms with Crippen LogP contribution in [0.25, 0.3) is 22.2 Å². The topological polar surface area (TPSA) is 68.8 Å². The highest BCUT2D eigenvalue weighted by molar-refractivity contribution is 5.96. The van der Waals surface area contributed by atoms with Crippen LogP contribution in [0.1, 0.15) is 46.5 Å². The Kier molecular flexibility index (Phi) is 8.57. The van der Waals surface area contributed by atoms with Crippen molar-refractivity contribution in [3.8, 4) is 11.3 Å². The zero-order chi connectivity index (χ0) is 33.1. The van der Waals surface area contributed by atoms with Crippen LogP contribution in [0.15, 0.2) is 146 Å². The number of rotatable bonds is 10. The van der Waals surface area contributed by atoms with Gasteiger partial charge in [0.25, 0.3) is 0 Å². The van der Waals surface area contributed by atoms with Crippen molar-refractivity contribution in [2.75, 3.05) is 12.3 Å². The fourth-order valence-corrected chi connectivity index (χ4v) is 6.80. The Balaban J connectivity index is 1.42. The van der Waals surface area contributed by atoms with Crippen LogP contribution in [0.3, 0.4) is 0 Å². The number of hydrogen-bond acceptors (Lipinski definition) is 4. The lowest BCUT2D eigenvalue weighted by atomic mass is 9.77. The quantitative estimate of drug-likeness (QED) is 0.117. The van der Waals surface area contributed by atoms with E-state index in [0.717, 1.165) is 55.7 Å². The third-order valence-electron chi connectivity index (χ3n) is 9.22. The van der Waals surface area contributed by atoms with Crippen LogP contribution >= 0.6 is 0 Å². The van der Waals surface area contributed by atoms with E-state index in [-0.39, 0.29) is 11.9 Å². The molecule has 0 saturated heterocycles. The van der Waals surface area contributed by atoms with Crippen molar-refractivity contribution >= 4 is 16.6 Å². The monoisotopic (exact) mass is 631 g/mol. The van der Waals surface area contributed by atoms with E-state index >= 15 is 0 Å². The van der Waals surface area contributed by atoms with Crippen LogP contribution in [0, 0.1) is 12.7 Å². The molecular weight excluding hydrogens is 593 g/mol. The number of aryl methyl sites for hydroxylation is 1. The average molecular weight is 632 g/mol. The summed E-state index contributed by atoms with van der Waals surface area (Å²) in [5.74, 6) is -0.233. The molecule has 0 amide bonds. The summed E-state index contributed by atoms with van der Waals surface area (Å²) >= 11 is 0. The van der Waals surface area contributed by atoms with Crippen LogP contribution < -0.4 is 11.1 Å². The molecule has 2 aromatic heterocycles. The molecule has 0 aliphatic heterocycles. The molecule has 1 atom stereocenters. The maximum atomic E-state index is 13.5. The number of nitrogens with zero attached hydrogens (tertiary/aromatic N) is 3. The summed E-state index contributed by atoms with van der Waals surface area (Å²) in [5, 5.41) is 10.1. The predicted octanol–water partition coefficient (Wildman–Crippen LogP) is 8.86. The number of pyridine rings is 1. The highest BCUT2D eigenvalue weighted by Crippen LogP contribution is 2.44. The van der Waals surface area contributed by atoms with Crippen LogP contribution in [0.5, 0.6) is 0 Å². The predicted molar refractivity (Wildman–Crippen MR) is 193 cm³/mol. The second-order valence-corrected chi connectivity index (χ2v) is 12.3.